The van der Waals surface area contributed by atoms with Crippen molar-refractivity contribution in [1.29, 1.82) is 0 Å². The number of nitrogen functional groups attached to an aromatic ring is 1. The Hall–Kier alpha value is -1.39. The number of rotatable bonds is 10. The fourth-order valence-corrected chi connectivity index (χ4v) is 2.11. The number of hydrogen-bond donors (Lipinski definition) is 2. The molecule has 4 heteroatoms. The van der Waals surface area contributed by atoms with E-state index >= 15 is 0 Å². The van der Waals surface area contributed by atoms with Gasteiger partial charge in [0, 0.05) is 12.2 Å². The summed E-state index contributed by atoms with van der Waals surface area (Å²) < 4.78 is 5.64. The molecular weight excluding hydrogens is 252 g/mol. The van der Waals surface area contributed by atoms with Crippen LogP contribution < -0.4 is 11.3 Å². The summed E-state index contributed by atoms with van der Waals surface area (Å²) in [6.07, 6.45) is 7.48. The van der Waals surface area contributed by atoms with Gasteiger partial charge in [-0.1, -0.05) is 57.2 Å². The van der Waals surface area contributed by atoms with Crippen molar-refractivity contribution in [3.05, 3.63) is 35.4 Å². The third-order valence-electron chi connectivity index (χ3n) is 3.29. The van der Waals surface area contributed by atoms with Crippen LogP contribution in [0.2, 0.25) is 0 Å². The zero-order chi connectivity index (χ0) is 14.6. The second-order valence-corrected chi connectivity index (χ2v) is 4.95. The van der Waals surface area contributed by atoms with Crippen molar-refractivity contribution in [3.63, 3.8) is 0 Å². The van der Waals surface area contributed by atoms with Crippen LogP contribution in [0.15, 0.2) is 24.3 Å². The van der Waals surface area contributed by atoms with E-state index in [0.717, 1.165) is 18.6 Å². The van der Waals surface area contributed by atoms with E-state index in [4.69, 9.17) is 10.6 Å². The van der Waals surface area contributed by atoms with Gasteiger partial charge in [0.2, 0.25) is 0 Å². The van der Waals surface area contributed by atoms with Gasteiger partial charge < -0.3 is 4.74 Å². The third kappa shape index (κ3) is 6.17. The Morgan fingerprint density at radius 1 is 1.15 bits per heavy atom. The molecule has 1 aromatic carbocycles. The quantitative estimate of drug-likeness (QED) is 0.299. The summed E-state index contributed by atoms with van der Waals surface area (Å²) in [6, 6.07) is 7.37. The van der Waals surface area contributed by atoms with Crippen molar-refractivity contribution < 1.29 is 9.53 Å². The molecule has 1 amide bonds. The summed E-state index contributed by atoms with van der Waals surface area (Å²) in [5, 5.41) is 0. The lowest BCUT2D eigenvalue weighted by Gasteiger charge is -2.09. The minimum atomic E-state index is -0.274. The number of benzene rings is 1. The predicted octanol–water partition coefficient (Wildman–Crippen LogP) is 3.17. The zero-order valence-electron chi connectivity index (χ0n) is 12.4. The highest BCUT2D eigenvalue weighted by molar-refractivity contribution is 5.95. The van der Waals surface area contributed by atoms with E-state index in [2.05, 4.69) is 12.3 Å². The van der Waals surface area contributed by atoms with Gasteiger partial charge in [0.05, 0.1) is 6.61 Å². The fraction of sp³-hybridized carbons (Fsp3) is 0.562. The summed E-state index contributed by atoms with van der Waals surface area (Å²) in [4.78, 5) is 11.6. The van der Waals surface area contributed by atoms with Gasteiger partial charge in [-0.2, -0.15) is 0 Å². The van der Waals surface area contributed by atoms with Gasteiger partial charge in [-0.15, -0.1) is 0 Å². The lowest BCUT2D eigenvalue weighted by atomic mass is 10.1. The van der Waals surface area contributed by atoms with Crippen LogP contribution in [-0.2, 0) is 11.3 Å². The van der Waals surface area contributed by atoms with Crippen molar-refractivity contribution in [2.45, 2.75) is 52.1 Å². The first-order valence-corrected chi connectivity index (χ1v) is 7.46. The predicted molar refractivity (Wildman–Crippen MR) is 81.1 cm³/mol. The van der Waals surface area contributed by atoms with Crippen LogP contribution in [0.25, 0.3) is 0 Å². The second kappa shape index (κ2) is 10.4. The minimum Gasteiger partial charge on any atom is -0.377 e. The molecule has 1 aromatic rings. The maximum absolute atomic E-state index is 11.6. The molecule has 0 aromatic heterocycles. The largest absolute Gasteiger partial charge is 0.377 e. The van der Waals surface area contributed by atoms with Crippen LogP contribution in [0.3, 0.4) is 0 Å². The number of carbonyl (C=O) groups is 1. The molecule has 0 aliphatic heterocycles. The molecule has 1 rings (SSSR count). The number of unbranched alkanes of at least 4 members (excludes halogenated alkanes) is 5. The van der Waals surface area contributed by atoms with Crippen LogP contribution in [0.5, 0.6) is 0 Å². The van der Waals surface area contributed by atoms with Gasteiger partial charge in [-0.05, 0) is 18.1 Å². The highest BCUT2D eigenvalue weighted by atomic mass is 16.5. The molecule has 0 spiro atoms. The van der Waals surface area contributed by atoms with E-state index < -0.39 is 0 Å². The van der Waals surface area contributed by atoms with Crippen molar-refractivity contribution >= 4 is 5.91 Å². The van der Waals surface area contributed by atoms with Crippen LogP contribution in [-0.4, -0.2) is 12.5 Å². The number of nitrogens with one attached hydrogen (secondary N) is 1. The standard InChI is InChI=1S/C16H26N2O2/c1-2-3-4-5-6-9-12-20-13-14-10-7-8-11-15(14)16(19)18-17/h7-8,10-11H,2-6,9,12-13,17H2,1H3,(H,18,19). The Kier molecular flexibility index (Phi) is 8.67. The highest BCUT2D eigenvalue weighted by Gasteiger charge is 2.08. The second-order valence-electron chi connectivity index (χ2n) is 4.95. The normalized spacial score (nSPS) is 10.5. The van der Waals surface area contributed by atoms with E-state index in [0.29, 0.717) is 12.2 Å². The van der Waals surface area contributed by atoms with Crippen molar-refractivity contribution in [2.75, 3.05) is 6.61 Å². The van der Waals surface area contributed by atoms with Crippen molar-refractivity contribution in [1.82, 2.24) is 5.43 Å². The van der Waals surface area contributed by atoms with Gasteiger partial charge in [-0.3, -0.25) is 10.2 Å². The Balaban J connectivity index is 2.23. The van der Waals surface area contributed by atoms with Gasteiger partial charge in [0.25, 0.3) is 5.91 Å². The molecule has 0 bridgehead atoms. The van der Waals surface area contributed by atoms with Gasteiger partial charge in [0.1, 0.15) is 0 Å². The average Bonchev–Trinajstić information content (AvgIpc) is 2.49. The van der Waals surface area contributed by atoms with Crippen LogP contribution >= 0.6 is 0 Å². The minimum absolute atomic E-state index is 0.274. The summed E-state index contributed by atoms with van der Waals surface area (Å²) in [6.45, 7) is 3.42. The Morgan fingerprint density at radius 2 is 1.85 bits per heavy atom. The van der Waals surface area contributed by atoms with E-state index in [-0.39, 0.29) is 5.91 Å². The Bertz CT molecular complexity index is 394. The molecule has 0 saturated heterocycles. The third-order valence-corrected chi connectivity index (χ3v) is 3.29. The number of amides is 1. The molecule has 4 nitrogen and oxygen atoms in total. The number of hydrogen-bond acceptors (Lipinski definition) is 3. The maximum atomic E-state index is 11.6. The zero-order valence-corrected chi connectivity index (χ0v) is 12.4. The molecule has 0 saturated carbocycles. The molecule has 0 radical (unpaired) electrons. The van der Waals surface area contributed by atoms with E-state index in [9.17, 15) is 4.79 Å². The summed E-state index contributed by atoms with van der Waals surface area (Å²) in [5.74, 6) is 4.89. The summed E-state index contributed by atoms with van der Waals surface area (Å²) in [7, 11) is 0. The molecular formula is C16H26N2O2. The average molecular weight is 278 g/mol. The van der Waals surface area contributed by atoms with E-state index in [1.807, 2.05) is 18.2 Å². The van der Waals surface area contributed by atoms with Gasteiger partial charge >= 0.3 is 0 Å². The van der Waals surface area contributed by atoms with E-state index in [1.165, 1.54) is 32.1 Å². The lowest BCUT2D eigenvalue weighted by molar-refractivity contribution is 0.0937. The monoisotopic (exact) mass is 278 g/mol. The Morgan fingerprint density at radius 3 is 2.60 bits per heavy atom. The van der Waals surface area contributed by atoms with Crippen LogP contribution in [0.1, 0.15) is 61.4 Å². The smallest absolute Gasteiger partial charge is 0.265 e. The SMILES string of the molecule is CCCCCCCCOCc1ccccc1C(=O)NN. The molecule has 0 fully saturated rings. The van der Waals surface area contributed by atoms with Crippen LogP contribution in [0, 0.1) is 0 Å². The molecule has 0 aliphatic carbocycles. The topological polar surface area (TPSA) is 64.3 Å². The number of carbonyl (C=O) groups excluding carboxylic acids is 1. The number of nitrogens with two attached hydrogens (primary N) is 1. The molecule has 112 valence electrons. The van der Waals surface area contributed by atoms with Gasteiger partial charge in [-0.25, -0.2) is 5.84 Å². The number of hydrazine groups is 1. The summed E-state index contributed by atoms with van der Waals surface area (Å²) >= 11 is 0. The maximum Gasteiger partial charge on any atom is 0.265 e. The molecule has 0 aliphatic rings. The lowest BCUT2D eigenvalue weighted by Crippen LogP contribution is -2.30. The first-order chi connectivity index (χ1) is 9.79. The first kappa shape index (κ1) is 16.7. The molecule has 0 unspecified atom stereocenters. The Labute approximate surface area is 121 Å². The molecule has 3 N–H and O–H groups in total. The molecule has 20 heavy (non-hydrogen) atoms. The molecule has 0 atom stereocenters. The van der Waals surface area contributed by atoms with E-state index in [1.54, 1.807) is 6.07 Å². The van der Waals surface area contributed by atoms with Crippen molar-refractivity contribution in [3.8, 4) is 0 Å². The van der Waals surface area contributed by atoms with Crippen molar-refractivity contribution in [2.24, 2.45) is 5.84 Å². The number of ether oxygens (including phenoxy) is 1. The first-order valence-electron chi connectivity index (χ1n) is 7.46. The van der Waals surface area contributed by atoms with Crippen LogP contribution in [0.4, 0.5) is 0 Å². The molecule has 0 heterocycles. The highest BCUT2D eigenvalue weighted by Crippen LogP contribution is 2.11. The van der Waals surface area contributed by atoms with Gasteiger partial charge in [0.15, 0.2) is 0 Å². The summed E-state index contributed by atoms with van der Waals surface area (Å²) in [5.41, 5.74) is 3.62. The fourth-order valence-electron chi connectivity index (χ4n) is 2.11.